The third kappa shape index (κ3) is 3.18. The van der Waals surface area contributed by atoms with Crippen LogP contribution in [-0.4, -0.2) is 0 Å². The van der Waals surface area contributed by atoms with Crippen molar-refractivity contribution in [1.29, 1.82) is 0 Å². The van der Waals surface area contributed by atoms with Crippen LogP contribution >= 0.6 is 0 Å². The quantitative estimate of drug-likeness (QED) is 0.686. The molecular weight excluding hydrogens is 261 g/mol. The molecule has 0 aliphatic carbocycles. The maximum Gasteiger partial charge on any atom is 0.169 e. The maximum atomic E-state index is 2.12. The van der Waals surface area contributed by atoms with Gasteiger partial charge in [0.05, 0.1) is 0 Å². The van der Waals surface area contributed by atoms with Crippen LogP contribution in [0.3, 0.4) is 0 Å². The van der Waals surface area contributed by atoms with E-state index in [1.54, 1.807) is 0 Å². The van der Waals surface area contributed by atoms with E-state index < -0.39 is 0 Å². The molecule has 2 aromatic rings. The summed E-state index contributed by atoms with van der Waals surface area (Å²) in [5.74, 6) is 0. The van der Waals surface area contributed by atoms with Crippen molar-refractivity contribution in [2.75, 3.05) is 0 Å². The first-order valence-corrected chi connectivity index (χ1v) is 4.67. The molecule has 1 radical (unpaired) electrons. The standard InChI is InChI=1S/C12H14N2.Y/c1-13-7-3-11(4-8-13)12-5-9-14(2)10-6-12;/h3-10H,1-2H3;/q+2;. The Balaban J connectivity index is 0.00000112. The average Bonchev–Trinajstić information content (AvgIpc) is 2.21. The van der Waals surface area contributed by atoms with Crippen molar-refractivity contribution in [3.63, 3.8) is 0 Å². The van der Waals surface area contributed by atoms with Gasteiger partial charge in [0.1, 0.15) is 14.1 Å². The van der Waals surface area contributed by atoms with Crippen LogP contribution in [0.4, 0.5) is 0 Å². The number of hydrogen-bond acceptors (Lipinski definition) is 0. The molecule has 0 amide bonds. The van der Waals surface area contributed by atoms with Crippen LogP contribution in [0.2, 0.25) is 0 Å². The molecule has 0 saturated heterocycles. The molecule has 0 fully saturated rings. The van der Waals surface area contributed by atoms with Crippen molar-refractivity contribution < 1.29 is 41.8 Å². The number of nitrogens with zero attached hydrogens (tertiary/aromatic N) is 2. The molecule has 0 aliphatic rings. The Morgan fingerprint density at radius 3 is 1.20 bits per heavy atom. The molecule has 2 rings (SSSR count). The van der Waals surface area contributed by atoms with Gasteiger partial charge in [0, 0.05) is 57.0 Å². The van der Waals surface area contributed by atoms with E-state index in [9.17, 15) is 0 Å². The van der Waals surface area contributed by atoms with E-state index >= 15 is 0 Å². The summed E-state index contributed by atoms with van der Waals surface area (Å²) >= 11 is 0. The monoisotopic (exact) mass is 275 g/mol. The summed E-state index contributed by atoms with van der Waals surface area (Å²) in [7, 11) is 4.05. The molecule has 3 heteroatoms. The molecule has 0 atom stereocenters. The van der Waals surface area contributed by atoms with Gasteiger partial charge < -0.3 is 0 Å². The Morgan fingerprint density at radius 1 is 0.667 bits per heavy atom. The Bertz CT molecular complexity index is 377. The minimum atomic E-state index is 0. The number of hydrogen-bond donors (Lipinski definition) is 0. The third-order valence-electron chi connectivity index (χ3n) is 2.29. The molecule has 0 bridgehead atoms. The van der Waals surface area contributed by atoms with Crippen LogP contribution in [0.15, 0.2) is 49.1 Å². The predicted molar refractivity (Wildman–Crippen MR) is 54.2 cm³/mol. The summed E-state index contributed by atoms with van der Waals surface area (Å²) in [6.07, 6.45) is 8.23. The molecule has 0 saturated carbocycles. The van der Waals surface area contributed by atoms with Gasteiger partial charge in [-0.3, -0.25) is 0 Å². The molecule has 0 aromatic carbocycles. The number of pyridine rings is 2. The molecule has 2 heterocycles. The van der Waals surface area contributed by atoms with E-state index in [4.69, 9.17) is 0 Å². The molecule has 0 N–H and O–H groups in total. The summed E-state index contributed by atoms with van der Waals surface area (Å²) in [5.41, 5.74) is 2.51. The van der Waals surface area contributed by atoms with Crippen LogP contribution in [0.5, 0.6) is 0 Å². The number of rotatable bonds is 1. The first-order chi connectivity index (χ1) is 6.75. The Hall–Kier alpha value is -0.596. The fourth-order valence-corrected chi connectivity index (χ4v) is 1.39. The molecule has 2 nitrogen and oxygen atoms in total. The van der Waals surface area contributed by atoms with E-state index in [1.807, 2.05) is 23.2 Å². The largest absolute Gasteiger partial charge is 0.208 e. The molecular formula is C12H14N2Y+2. The normalized spacial score (nSPS) is 9.47. The first kappa shape index (κ1) is 12.5. The molecule has 0 unspecified atom stereocenters. The van der Waals surface area contributed by atoms with Gasteiger partial charge in [-0.15, -0.1) is 0 Å². The van der Waals surface area contributed by atoms with Crippen LogP contribution in [-0.2, 0) is 46.8 Å². The summed E-state index contributed by atoms with van der Waals surface area (Å²) in [5, 5.41) is 0. The van der Waals surface area contributed by atoms with Crippen LogP contribution < -0.4 is 9.13 Å². The van der Waals surface area contributed by atoms with Crippen molar-refractivity contribution >= 4 is 0 Å². The molecule has 73 valence electrons. The van der Waals surface area contributed by atoms with Crippen LogP contribution in [0.25, 0.3) is 11.1 Å². The zero-order valence-electron chi connectivity index (χ0n) is 9.09. The van der Waals surface area contributed by atoms with Gasteiger partial charge in [-0.25, -0.2) is 9.13 Å². The van der Waals surface area contributed by atoms with Gasteiger partial charge in [0.15, 0.2) is 24.8 Å². The molecule has 0 spiro atoms. The fraction of sp³-hybridized carbons (Fsp3) is 0.167. The van der Waals surface area contributed by atoms with Crippen molar-refractivity contribution in [3.8, 4) is 11.1 Å². The van der Waals surface area contributed by atoms with Gasteiger partial charge in [-0.2, -0.15) is 0 Å². The minimum absolute atomic E-state index is 0. The predicted octanol–water partition coefficient (Wildman–Crippen LogP) is 1.00. The maximum absolute atomic E-state index is 2.12. The average molecular weight is 275 g/mol. The second-order valence-electron chi connectivity index (χ2n) is 3.50. The van der Waals surface area contributed by atoms with Gasteiger partial charge in [-0.05, 0) is 11.1 Å². The van der Waals surface area contributed by atoms with E-state index in [-0.39, 0.29) is 32.7 Å². The molecule has 2 aromatic heterocycles. The smallest absolute Gasteiger partial charge is 0.169 e. The second kappa shape index (κ2) is 5.48. The SMILES string of the molecule is C[n+]1ccc(-c2cc[n+](C)cc2)cc1.[Y]. The van der Waals surface area contributed by atoms with E-state index in [0.29, 0.717) is 0 Å². The van der Waals surface area contributed by atoms with Crippen molar-refractivity contribution in [2.24, 2.45) is 14.1 Å². The second-order valence-corrected chi connectivity index (χ2v) is 3.50. The molecule has 0 aliphatic heterocycles. The molecule has 15 heavy (non-hydrogen) atoms. The van der Waals surface area contributed by atoms with E-state index in [2.05, 4.69) is 49.1 Å². The van der Waals surface area contributed by atoms with Crippen molar-refractivity contribution in [3.05, 3.63) is 49.1 Å². The summed E-state index contributed by atoms with van der Waals surface area (Å²) in [6.45, 7) is 0. The summed E-state index contributed by atoms with van der Waals surface area (Å²) in [6, 6.07) is 8.48. The van der Waals surface area contributed by atoms with Gasteiger partial charge in [0.25, 0.3) is 0 Å². The Morgan fingerprint density at radius 2 is 0.933 bits per heavy atom. The van der Waals surface area contributed by atoms with Crippen LogP contribution in [0, 0.1) is 0 Å². The Labute approximate surface area is 115 Å². The Kier molecular flexibility index (Phi) is 4.55. The summed E-state index contributed by atoms with van der Waals surface area (Å²) < 4.78 is 4.07. The van der Waals surface area contributed by atoms with Crippen molar-refractivity contribution in [1.82, 2.24) is 0 Å². The zero-order valence-corrected chi connectivity index (χ0v) is 11.9. The number of aryl methyl sites for hydroxylation is 2. The summed E-state index contributed by atoms with van der Waals surface area (Å²) in [4.78, 5) is 0. The van der Waals surface area contributed by atoms with E-state index in [0.717, 1.165) is 0 Å². The third-order valence-corrected chi connectivity index (χ3v) is 2.29. The fourth-order valence-electron chi connectivity index (χ4n) is 1.39. The number of aromatic nitrogens is 2. The van der Waals surface area contributed by atoms with Gasteiger partial charge in [-0.1, -0.05) is 0 Å². The van der Waals surface area contributed by atoms with Crippen molar-refractivity contribution in [2.45, 2.75) is 0 Å². The van der Waals surface area contributed by atoms with Crippen LogP contribution in [0.1, 0.15) is 0 Å². The first-order valence-electron chi connectivity index (χ1n) is 4.67. The zero-order chi connectivity index (χ0) is 9.97. The van der Waals surface area contributed by atoms with Gasteiger partial charge >= 0.3 is 0 Å². The van der Waals surface area contributed by atoms with E-state index in [1.165, 1.54) is 11.1 Å². The topological polar surface area (TPSA) is 7.76 Å². The minimum Gasteiger partial charge on any atom is -0.208 e. The van der Waals surface area contributed by atoms with Gasteiger partial charge in [0.2, 0.25) is 0 Å².